The number of Topliss-reactive ketones (excluding diaryl/α,β-unsaturated/α-hetero) is 1. The van der Waals surface area contributed by atoms with Crippen molar-refractivity contribution in [2.75, 3.05) is 6.61 Å². The van der Waals surface area contributed by atoms with Crippen LogP contribution in [0.2, 0.25) is 0 Å². The number of nitro groups is 1. The minimum absolute atomic E-state index is 0.0388. The van der Waals surface area contributed by atoms with Crippen molar-refractivity contribution >= 4 is 22.8 Å². The minimum Gasteiger partial charge on any atom is -0.485 e. The molecule has 2 rings (SSSR count). The van der Waals surface area contributed by atoms with Gasteiger partial charge in [-0.15, -0.1) is 11.3 Å². The molecule has 1 aromatic carbocycles. The topological polar surface area (TPSA) is 69.4 Å². The molecule has 1 heterocycles. The van der Waals surface area contributed by atoms with Crippen LogP contribution in [0.5, 0.6) is 5.75 Å². The summed E-state index contributed by atoms with van der Waals surface area (Å²) in [5.74, 6) is 0.346. The molecule has 1 aromatic heterocycles. The predicted octanol–water partition coefficient (Wildman–Crippen LogP) is 3.23. The maximum Gasteiger partial charge on any atom is 0.272 e. The minimum atomic E-state index is -0.448. The number of ketones is 1. The zero-order valence-corrected chi connectivity index (χ0v) is 11.0. The standard InChI is InChI=1S/C13H11NO4S/c1-9-7-10(4-5-11(9)14(16)17)18-8-12(15)13-3-2-6-19-13/h2-7H,8H2,1H3. The van der Waals surface area contributed by atoms with Gasteiger partial charge in [-0.25, -0.2) is 0 Å². The van der Waals surface area contributed by atoms with Gasteiger partial charge in [0.2, 0.25) is 5.78 Å². The molecule has 6 heteroatoms. The lowest BCUT2D eigenvalue weighted by Crippen LogP contribution is -2.10. The number of rotatable bonds is 5. The SMILES string of the molecule is Cc1cc(OCC(=O)c2cccs2)ccc1[N+](=O)[O-]. The monoisotopic (exact) mass is 277 g/mol. The molecular weight excluding hydrogens is 266 g/mol. The number of carbonyl (C=O) groups is 1. The first-order chi connectivity index (χ1) is 9.08. The van der Waals surface area contributed by atoms with E-state index in [1.54, 1.807) is 25.1 Å². The highest BCUT2D eigenvalue weighted by Crippen LogP contribution is 2.23. The number of thiophene rings is 1. The molecule has 0 aliphatic rings. The molecule has 0 fully saturated rings. The van der Waals surface area contributed by atoms with Crippen LogP contribution in [0.1, 0.15) is 15.2 Å². The molecule has 0 spiro atoms. The molecule has 0 unspecified atom stereocenters. The predicted molar refractivity (Wildman–Crippen MR) is 72.0 cm³/mol. The average Bonchev–Trinajstić information content (AvgIpc) is 2.89. The second kappa shape index (κ2) is 5.62. The smallest absolute Gasteiger partial charge is 0.272 e. The fourth-order valence-corrected chi connectivity index (χ4v) is 2.23. The van der Waals surface area contributed by atoms with Gasteiger partial charge in [-0.05, 0) is 30.5 Å². The Kier molecular flexibility index (Phi) is 3.91. The van der Waals surface area contributed by atoms with Crippen molar-refractivity contribution < 1.29 is 14.5 Å². The van der Waals surface area contributed by atoms with Gasteiger partial charge in [0, 0.05) is 11.6 Å². The highest BCUT2D eigenvalue weighted by atomic mass is 32.1. The van der Waals surface area contributed by atoms with E-state index in [9.17, 15) is 14.9 Å². The molecule has 0 bridgehead atoms. The van der Waals surface area contributed by atoms with E-state index in [-0.39, 0.29) is 18.1 Å². The number of hydrogen-bond acceptors (Lipinski definition) is 5. The van der Waals surface area contributed by atoms with Crippen LogP contribution in [0.3, 0.4) is 0 Å². The number of nitro benzene ring substituents is 1. The third kappa shape index (κ3) is 3.17. The van der Waals surface area contributed by atoms with Crippen LogP contribution in [-0.4, -0.2) is 17.3 Å². The van der Waals surface area contributed by atoms with Gasteiger partial charge >= 0.3 is 0 Å². The number of ether oxygens (including phenoxy) is 1. The fraction of sp³-hybridized carbons (Fsp3) is 0.154. The van der Waals surface area contributed by atoms with Crippen LogP contribution in [0, 0.1) is 17.0 Å². The van der Waals surface area contributed by atoms with Gasteiger partial charge in [0.1, 0.15) is 5.75 Å². The summed E-state index contributed by atoms with van der Waals surface area (Å²) in [7, 11) is 0. The van der Waals surface area contributed by atoms with Crippen LogP contribution in [0.25, 0.3) is 0 Å². The number of aryl methyl sites for hydroxylation is 1. The zero-order chi connectivity index (χ0) is 13.8. The molecule has 2 aromatic rings. The lowest BCUT2D eigenvalue weighted by atomic mass is 10.2. The van der Waals surface area contributed by atoms with Gasteiger partial charge in [0.25, 0.3) is 5.69 Å². The largest absolute Gasteiger partial charge is 0.485 e. The first kappa shape index (κ1) is 13.2. The summed E-state index contributed by atoms with van der Waals surface area (Å²) in [5, 5.41) is 12.5. The Hall–Kier alpha value is -2.21. The molecule has 0 N–H and O–H groups in total. The molecule has 0 amide bonds. The Labute approximate surface area is 113 Å². The van der Waals surface area contributed by atoms with E-state index in [1.807, 2.05) is 5.38 Å². The van der Waals surface area contributed by atoms with Gasteiger partial charge in [0.05, 0.1) is 9.80 Å². The van der Waals surface area contributed by atoms with Crippen molar-refractivity contribution in [2.45, 2.75) is 6.92 Å². The summed E-state index contributed by atoms with van der Waals surface area (Å²) in [6.07, 6.45) is 0. The Bertz CT molecular complexity index is 607. The highest BCUT2D eigenvalue weighted by molar-refractivity contribution is 7.12. The van der Waals surface area contributed by atoms with E-state index in [4.69, 9.17) is 4.74 Å². The first-order valence-corrected chi connectivity index (χ1v) is 6.40. The fourth-order valence-electron chi connectivity index (χ4n) is 1.58. The summed E-state index contributed by atoms with van der Waals surface area (Å²) < 4.78 is 5.34. The van der Waals surface area contributed by atoms with Crippen LogP contribution in [0.15, 0.2) is 35.7 Å². The van der Waals surface area contributed by atoms with E-state index in [0.717, 1.165) is 0 Å². The second-order valence-electron chi connectivity index (χ2n) is 3.89. The van der Waals surface area contributed by atoms with Crippen LogP contribution in [0.4, 0.5) is 5.69 Å². The number of benzene rings is 1. The Balaban J connectivity index is 2.02. The van der Waals surface area contributed by atoms with Crippen molar-refractivity contribution in [1.29, 1.82) is 0 Å². The van der Waals surface area contributed by atoms with Gasteiger partial charge < -0.3 is 4.74 Å². The van der Waals surface area contributed by atoms with Gasteiger partial charge in [-0.1, -0.05) is 6.07 Å². The molecule has 5 nitrogen and oxygen atoms in total. The van der Waals surface area contributed by atoms with Crippen molar-refractivity contribution in [3.05, 3.63) is 56.3 Å². The zero-order valence-electron chi connectivity index (χ0n) is 10.2. The lowest BCUT2D eigenvalue weighted by molar-refractivity contribution is -0.385. The lowest BCUT2D eigenvalue weighted by Gasteiger charge is -2.05. The quantitative estimate of drug-likeness (QED) is 0.478. The summed E-state index contributed by atoms with van der Waals surface area (Å²) in [6, 6.07) is 7.96. The Morgan fingerprint density at radius 3 is 2.79 bits per heavy atom. The molecule has 0 aliphatic carbocycles. The van der Waals surface area contributed by atoms with E-state index in [2.05, 4.69) is 0 Å². The van der Waals surface area contributed by atoms with Crippen LogP contribution in [-0.2, 0) is 0 Å². The molecule has 98 valence electrons. The molecule has 19 heavy (non-hydrogen) atoms. The van der Waals surface area contributed by atoms with Gasteiger partial charge in [-0.3, -0.25) is 14.9 Å². The summed E-state index contributed by atoms with van der Waals surface area (Å²) >= 11 is 1.36. The normalized spacial score (nSPS) is 10.2. The third-order valence-corrected chi connectivity index (χ3v) is 3.44. The van der Waals surface area contributed by atoms with E-state index >= 15 is 0 Å². The van der Waals surface area contributed by atoms with Gasteiger partial charge in [0.15, 0.2) is 6.61 Å². The van der Waals surface area contributed by atoms with Crippen molar-refractivity contribution in [3.63, 3.8) is 0 Å². The Morgan fingerprint density at radius 2 is 2.21 bits per heavy atom. The van der Waals surface area contributed by atoms with Crippen LogP contribution < -0.4 is 4.74 Å². The number of carbonyl (C=O) groups excluding carboxylic acids is 1. The highest BCUT2D eigenvalue weighted by Gasteiger charge is 2.12. The van der Waals surface area contributed by atoms with Crippen molar-refractivity contribution in [3.8, 4) is 5.75 Å². The number of hydrogen-bond donors (Lipinski definition) is 0. The molecule has 0 aliphatic heterocycles. The summed E-state index contributed by atoms with van der Waals surface area (Å²) in [5.41, 5.74) is 0.544. The van der Waals surface area contributed by atoms with Crippen molar-refractivity contribution in [2.24, 2.45) is 0 Å². The van der Waals surface area contributed by atoms with Gasteiger partial charge in [-0.2, -0.15) is 0 Å². The summed E-state index contributed by atoms with van der Waals surface area (Å²) in [4.78, 5) is 22.6. The first-order valence-electron chi connectivity index (χ1n) is 5.52. The summed E-state index contributed by atoms with van der Waals surface area (Å²) in [6.45, 7) is 1.56. The van der Waals surface area contributed by atoms with E-state index < -0.39 is 4.92 Å². The molecule has 0 atom stereocenters. The van der Waals surface area contributed by atoms with Crippen molar-refractivity contribution in [1.82, 2.24) is 0 Å². The maximum absolute atomic E-state index is 11.7. The molecule has 0 saturated carbocycles. The second-order valence-corrected chi connectivity index (χ2v) is 4.84. The van der Waals surface area contributed by atoms with E-state index in [0.29, 0.717) is 16.2 Å². The molecular formula is C13H11NO4S. The maximum atomic E-state index is 11.7. The van der Waals surface area contributed by atoms with E-state index in [1.165, 1.54) is 23.5 Å². The van der Waals surface area contributed by atoms with Crippen LogP contribution >= 0.6 is 11.3 Å². The Morgan fingerprint density at radius 1 is 1.42 bits per heavy atom. The third-order valence-electron chi connectivity index (χ3n) is 2.53. The number of nitrogens with zero attached hydrogens (tertiary/aromatic N) is 1. The molecule has 0 radical (unpaired) electrons. The average molecular weight is 277 g/mol. The molecule has 0 saturated heterocycles.